The summed E-state index contributed by atoms with van der Waals surface area (Å²) in [6, 6.07) is 8.54. The number of hydrogen-bond acceptors (Lipinski definition) is 2. The molecule has 0 saturated carbocycles. The van der Waals surface area contributed by atoms with Gasteiger partial charge in [-0.05, 0) is 43.7 Å². The number of carbonyl (C=O) groups is 1. The number of nitrogens with zero attached hydrogens (tertiary/aromatic N) is 1. The van der Waals surface area contributed by atoms with Crippen molar-refractivity contribution in [1.29, 1.82) is 0 Å². The van der Waals surface area contributed by atoms with Gasteiger partial charge in [0, 0.05) is 31.4 Å². The second kappa shape index (κ2) is 5.33. The van der Waals surface area contributed by atoms with Crippen LogP contribution < -0.4 is 4.90 Å². The molecule has 1 amide bonds. The Hall–Kier alpha value is -1.35. The molecule has 2 unspecified atom stereocenters. The Kier molecular flexibility index (Phi) is 3.56. The lowest BCUT2D eigenvalue weighted by Gasteiger charge is -2.27. The van der Waals surface area contributed by atoms with Crippen molar-refractivity contribution in [3.05, 3.63) is 29.8 Å². The minimum Gasteiger partial charge on any atom is -0.381 e. The van der Waals surface area contributed by atoms with Crippen LogP contribution in [0.15, 0.2) is 24.3 Å². The van der Waals surface area contributed by atoms with E-state index in [0.717, 1.165) is 38.2 Å². The fraction of sp³-hybridized carbons (Fsp3) is 0.562. The molecule has 3 nitrogen and oxygen atoms in total. The Morgan fingerprint density at radius 1 is 1.42 bits per heavy atom. The van der Waals surface area contributed by atoms with E-state index in [9.17, 15) is 4.79 Å². The van der Waals surface area contributed by atoms with E-state index >= 15 is 0 Å². The van der Waals surface area contributed by atoms with Crippen molar-refractivity contribution in [3.8, 4) is 0 Å². The summed E-state index contributed by atoms with van der Waals surface area (Å²) in [6.45, 7) is 3.73. The van der Waals surface area contributed by atoms with Gasteiger partial charge >= 0.3 is 0 Å². The fourth-order valence-corrected chi connectivity index (χ4v) is 3.26. The summed E-state index contributed by atoms with van der Waals surface area (Å²) in [5.41, 5.74) is 2.40. The molecule has 102 valence electrons. The number of benzene rings is 1. The summed E-state index contributed by atoms with van der Waals surface area (Å²) in [6.07, 6.45) is 3.81. The zero-order valence-electron chi connectivity index (χ0n) is 11.5. The van der Waals surface area contributed by atoms with Crippen LogP contribution in [0.4, 0.5) is 5.69 Å². The highest BCUT2D eigenvalue weighted by Gasteiger charge is 2.31. The second-order valence-corrected chi connectivity index (χ2v) is 5.73. The highest BCUT2D eigenvalue weighted by Crippen LogP contribution is 2.33. The first-order chi connectivity index (χ1) is 9.25. The molecule has 0 bridgehead atoms. The minimum atomic E-state index is 0.257. The van der Waals surface area contributed by atoms with Crippen LogP contribution in [0.3, 0.4) is 0 Å². The average molecular weight is 259 g/mol. The van der Waals surface area contributed by atoms with Crippen LogP contribution in [-0.2, 0) is 16.0 Å². The van der Waals surface area contributed by atoms with Crippen LogP contribution in [-0.4, -0.2) is 25.2 Å². The maximum absolute atomic E-state index is 12.6. The summed E-state index contributed by atoms with van der Waals surface area (Å²) < 4.78 is 5.47. The van der Waals surface area contributed by atoms with Crippen LogP contribution in [0, 0.1) is 5.92 Å². The van der Waals surface area contributed by atoms with Crippen molar-refractivity contribution in [3.63, 3.8) is 0 Å². The first-order valence-electron chi connectivity index (χ1n) is 7.23. The van der Waals surface area contributed by atoms with Crippen LogP contribution in [0.5, 0.6) is 0 Å². The third-order valence-corrected chi connectivity index (χ3v) is 4.19. The largest absolute Gasteiger partial charge is 0.381 e. The van der Waals surface area contributed by atoms with Gasteiger partial charge in [-0.2, -0.15) is 0 Å². The van der Waals surface area contributed by atoms with E-state index in [0.29, 0.717) is 12.3 Å². The summed E-state index contributed by atoms with van der Waals surface area (Å²) >= 11 is 0. The first-order valence-corrected chi connectivity index (χ1v) is 7.23. The number of amides is 1. The Balaban J connectivity index is 1.72. The van der Waals surface area contributed by atoms with Crippen molar-refractivity contribution in [2.75, 3.05) is 18.1 Å². The van der Waals surface area contributed by atoms with Crippen molar-refractivity contribution in [1.82, 2.24) is 0 Å². The number of anilines is 1. The molecule has 1 aromatic carbocycles. The molecule has 0 aromatic heterocycles. The number of para-hydroxylation sites is 1. The molecule has 2 aliphatic rings. The topological polar surface area (TPSA) is 29.5 Å². The minimum absolute atomic E-state index is 0.257. The first kappa shape index (κ1) is 12.7. The number of carbonyl (C=O) groups excluding carboxylic acids is 1. The van der Waals surface area contributed by atoms with Crippen LogP contribution in [0.1, 0.15) is 31.7 Å². The van der Waals surface area contributed by atoms with E-state index in [2.05, 4.69) is 25.1 Å². The molecule has 1 saturated heterocycles. The van der Waals surface area contributed by atoms with Gasteiger partial charge in [0.1, 0.15) is 0 Å². The Morgan fingerprint density at radius 2 is 2.26 bits per heavy atom. The molecule has 2 atom stereocenters. The van der Waals surface area contributed by atoms with E-state index < -0.39 is 0 Å². The van der Waals surface area contributed by atoms with E-state index in [1.54, 1.807) is 0 Å². The Bertz CT molecular complexity index is 466. The van der Waals surface area contributed by atoms with Crippen molar-refractivity contribution < 1.29 is 9.53 Å². The molecule has 0 spiro atoms. The van der Waals surface area contributed by atoms with Gasteiger partial charge in [-0.25, -0.2) is 0 Å². The highest BCUT2D eigenvalue weighted by atomic mass is 16.5. The molecule has 1 fully saturated rings. The number of ether oxygens (including phenoxy) is 1. The van der Waals surface area contributed by atoms with Gasteiger partial charge in [0.05, 0.1) is 0 Å². The molecule has 2 aliphatic heterocycles. The van der Waals surface area contributed by atoms with Gasteiger partial charge < -0.3 is 9.64 Å². The number of fused-ring (bicyclic) bond motifs is 1. The lowest BCUT2D eigenvalue weighted by Crippen LogP contribution is -2.37. The fourth-order valence-electron chi connectivity index (χ4n) is 3.26. The maximum atomic E-state index is 12.6. The zero-order valence-corrected chi connectivity index (χ0v) is 11.5. The predicted molar refractivity (Wildman–Crippen MR) is 75.3 cm³/mol. The van der Waals surface area contributed by atoms with Gasteiger partial charge in [0.2, 0.25) is 5.91 Å². The van der Waals surface area contributed by atoms with Gasteiger partial charge in [-0.3, -0.25) is 4.79 Å². The monoisotopic (exact) mass is 259 g/mol. The molecule has 3 heteroatoms. The van der Waals surface area contributed by atoms with Gasteiger partial charge in [0.15, 0.2) is 0 Å². The van der Waals surface area contributed by atoms with Crippen LogP contribution in [0.25, 0.3) is 0 Å². The van der Waals surface area contributed by atoms with Crippen molar-refractivity contribution in [2.45, 2.75) is 38.6 Å². The van der Waals surface area contributed by atoms with Crippen molar-refractivity contribution >= 4 is 11.6 Å². The van der Waals surface area contributed by atoms with Crippen LogP contribution >= 0.6 is 0 Å². The molecular weight excluding hydrogens is 238 g/mol. The molecular formula is C16H21NO2. The smallest absolute Gasteiger partial charge is 0.227 e. The summed E-state index contributed by atoms with van der Waals surface area (Å²) in [5.74, 6) is 0.661. The molecule has 19 heavy (non-hydrogen) atoms. The van der Waals surface area contributed by atoms with Gasteiger partial charge in [-0.1, -0.05) is 18.2 Å². The summed E-state index contributed by atoms with van der Waals surface area (Å²) in [4.78, 5) is 14.5. The average Bonchev–Trinajstić information content (AvgIpc) is 2.75. The van der Waals surface area contributed by atoms with E-state index in [-0.39, 0.29) is 11.9 Å². The van der Waals surface area contributed by atoms with Gasteiger partial charge in [0.25, 0.3) is 0 Å². The SMILES string of the molecule is CC1Cc2ccccc2N1C(=O)CC1CCCOC1. The highest BCUT2D eigenvalue weighted by molar-refractivity contribution is 5.96. The third-order valence-electron chi connectivity index (χ3n) is 4.19. The van der Waals surface area contributed by atoms with Crippen molar-refractivity contribution in [2.24, 2.45) is 5.92 Å². The molecule has 1 aromatic rings. The van der Waals surface area contributed by atoms with E-state index in [1.807, 2.05) is 11.0 Å². The Morgan fingerprint density at radius 3 is 3.05 bits per heavy atom. The predicted octanol–water partition coefficient (Wildman–Crippen LogP) is 2.78. The molecule has 3 rings (SSSR count). The zero-order chi connectivity index (χ0) is 13.2. The quantitative estimate of drug-likeness (QED) is 0.817. The van der Waals surface area contributed by atoms with Gasteiger partial charge in [-0.15, -0.1) is 0 Å². The normalized spacial score (nSPS) is 26.3. The summed E-state index contributed by atoms with van der Waals surface area (Å²) in [7, 11) is 0. The Labute approximate surface area is 114 Å². The second-order valence-electron chi connectivity index (χ2n) is 5.73. The molecule has 0 aliphatic carbocycles. The molecule has 0 radical (unpaired) electrons. The molecule has 0 N–H and O–H groups in total. The van der Waals surface area contributed by atoms with Crippen LogP contribution in [0.2, 0.25) is 0 Å². The molecule has 2 heterocycles. The third kappa shape index (κ3) is 2.52. The van der Waals surface area contributed by atoms with E-state index in [4.69, 9.17) is 4.74 Å². The number of rotatable bonds is 2. The summed E-state index contributed by atoms with van der Waals surface area (Å²) in [5, 5.41) is 0. The maximum Gasteiger partial charge on any atom is 0.227 e. The lowest BCUT2D eigenvalue weighted by atomic mass is 9.98. The van der Waals surface area contributed by atoms with E-state index in [1.165, 1.54) is 5.56 Å². The number of hydrogen-bond donors (Lipinski definition) is 0. The standard InChI is InChI=1S/C16H21NO2/c1-12-9-14-6-2-3-7-15(14)17(12)16(18)10-13-5-4-8-19-11-13/h2-3,6-7,12-13H,4-5,8-11H2,1H3. The lowest BCUT2D eigenvalue weighted by molar-refractivity contribution is -0.120.